The second kappa shape index (κ2) is 6.53. The van der Waals surface area contributed by atoms with Gasteiger partial charge in [0.15, 0.2) is 0 Å². The summed E-state index contributed by atoms with van der Waals surface area (Å²) in [5, 5.41) is 12.7. The van der Waals surface area contributed by atoms with E-state index >= 15 is 0 Å². The Kier molecular flexibility index (Phi) is 4.73. The van der Waals surface area contributed by atoms with E-state index in [-0.39, 0.29) is 12.3 Å². The Morgan fingerprint density at radius 1 is 1.33 bits per heavy atom. The number of anilines is 1. The number of thiophene rings is 1. The molecule has 1 aromatic heterocycles. The lowest BCUT2D eigenvalue weighted by Gasteiger charge is -2.07. The Morgan fingerprint density at radius 3 is 2.62 bits per heavy atom. The molecule has 108 valence electrons. The van der Waals surface area contributed by atoms with Crippen LogP contribution in [0.4, 0.5) is 5.00 Å². The van der Waals surface area contributed by atoms with Crippen molar-refractivity contribution in [1.29, 1.82) is 5.26 Å². The lowest BCUT2D eigenvalue weighted by Crippen LogP contribution is -2.16. The zero-order chi connectivity index (χ0) is 15.4. The molecule has 21 heavy (non-hydrogen) atoms. The molecule has 0 fully saturated rings. The number of rotatable bonds is 4. The van der Waals surface area contributed by atoms with Crippen LogP contribution in [0.2, 0.25) is 0 Å². The molecule has 0 aliphatic carbocycles. The summed E-state index contributed by atoms with van der Waals surface area (Å²) in [4.78, 5) is 13.2. The number of nitrogens with one attached hydrogen (secondary N) is 1. The molecular weight excluding hydrogens is 282 g/mol. The van der Waals surface area contributed by atoms with E-state index < -0.39 is 0 Å². The van der Waals surface area contributed by atoms with Gasteiger partial charge in [0.05, 0.1) is 12.0 Å². The second-order valence-electron chi connectivity index (χ2n) is 4.80. The lowest BCUT2D eigenvalue weighted by atomic mass is 10.0. The first-order chi connectivity index (χ1) is 10.1. The largest absolute Gasteiger partial charge is 0.326 e. The Balaban J connectivity index is 2.16. The van der Waals surface area contributed by atoms with Gasteiger partial charge in [-0.3, -0.25) is 4.79 Å². The number of carbonyl (C=O) groups is 1. The van der Waals surface area contributed by atoms with Crippen LogP contribution in [0.3, 0.4) is 0 Å². The Hall–Kier alpha value is -2.16. The number of hydrogen-bond acceptors (Lipinski definition) is 4. The molecular formula is C16H17N3OS. The number of nitrogens with two attached hydrogens (primary N) is 1. The maximum absolute atomic E-state index is 12.2. The quantitative estimate of drug-likeness (QED) is 0.911. The van der Waals surface area contributed by atoms with Crippen molar-refractivity contribution in [3.8, 4) is 6.07 Å². The summed E-state index contributed by atoms with van der Waals surface area (Å²) in [5.74, 6) is -0.131. The monoisotopic (exact) mass is 299 g/mol. The van der Waals surface area contributed by atoms with E-state index in [1.807, 2.05) is 38.1 Å². The molecule has 0 atom stereocenters. The maximum atomic E-state index is 12.2. The first-order valence-corrected chi connectivity index (χ1v) is 7.45. The van der Waals surface area contributed by atoms with Gasteiger partial charge in [0.2, 0.25) is 5.91 Å². The zero-order valence-corrected chi connectivity index (χ0v) is 12.9. The van der Waals surface area contributed by atoms with Crippen LogP contribution in [0, 0.1) is 25.2 Å². The van der Waals surface area contributed by atoms with Gasteiger partial charge in [0, 0.05) is 11.4 Å². The van der Waals surface area contributed by atoms with Crippen LogP contribution in [0.1, 0.15) is 27.1 Å². The van der Waals surface area contributed by atoms with Crippen molar-refractivity contribution < 1.29 is 4.79 Å². The van der Waals surface area contributed by atoms with Gasteiger partial charge in [-0.1, -0.05) is 24.3 Å². The minimum Gasteiger partial charge on any atom is -0.326 e. The van der Waals surface area contributed by atoms with E-state index in [4.69, 9.17) is 5.73 Å². The highest BCUT2D eigenvalue weighted by molar-refractivity contribution is 7.16. The number of aryl methyl sites for hydroxylation is 1. The van der Waals surface area contributed by atoms with Crippen molar-refractivity contribution in [3.63, 3.8) is 0 Å². The Bertz CT molecular complexity index is 713. The summed E-state index contributed by atoms with van der Waals surface area (Å²) in [6.07, 6.45) is 0.258. The minimum atomic E-state index is -0.131. The molecule has 3 N–H and O–H groups in total. The van der Waals surface area contributed by atoms with Gasteiger partial charge in [-0.05, 0) is 30.5 Å². The van der Waals surface area contributed by atoms with Crippen molar-refractivity contribution in [2.75, 3.05) is 5.32 Å². The number of nitriles is 1. The van der Waals surface area contributed by atoms with Crippen LogP contribution in [-0.4, -0.2) is 5.91 Å². The van der Waals surface area contributed by atoms with Crippen molar-refractivity contribution in [2.45, 2.75) is 26.8 Å². The van der Waals surface area contributed by atoms with Gasteiger partial charge in [-0.15, -0.1) is 11.3 Å². The first kappa shape index (κ1) is 15.2. The van der Waals surface area contributed by atoms with Crippen LogP contribution >= 0.6 is 11.3 Å². The van der Waals surface area contributed by atoms with E-state index in [9.17, 15) is 10.1 Å². The molecule has 0 aliphatic heterocycles. The van der Waals surface area contributed by atoms with Crippen LogP contribution in [0.15, 0.2) is 24.3 Å². The molecule has 0 bridgehead atoms. The average Bonchev–Trinajstić information content (AvgIpc) is 2.73. The number of nitrogens with zero attached hydrogens (tertiary/aromatic N) is 1. The molecule has 0 saturated carbocycles. The Labute approximate surface area is 128 Å². The highest BCUT2D eigenvalue weighted by Crippen LogP contribution is 2.31. The average molecular weight is 299 g/mol. The highest BCUT2D eigenvalue weighted by Gasteiger charge is 2.15. The molecule has 4 nitrogen and oxygen atoms in total. The molecule has 0 radical (unpaired) electrons. The van der Waals surface area contributed by atoms with Crippen LogP contribution < -0.4 is 11.1 Å². The first-order valence-electron chi connectivity index (χ1n) is 6.63. The molecule has 0 saturated heterocycles. The van der Waals surface area contributed by atoms with Gasteiger partial charge in [-0.2, -0.15) is 5.26 Å². The molecule has 0 spiro atoms. The molecule has 5 heteroatoms. The normalized spacial score (nSPS) is 10.2. The fraction of sp³-hybridized carbons (Fsp3) is 0.250. The fourth-order valence-corrected chi connectivity index (χ4v) is 3.15. The topological polar surface area (TPSA) is 78.9 Å². The van der Waals surface area contributed by atoms with Crippen molar-refractivity contribution in [1.82, 2.24) is 0 Å². The second-order valence-corrected chi connectivity index (χ2v) is 6.02. The maximum Gasteiger partial charge on any atom is 0.229 e. The summed E-state index contributed by atoms with van der Waals surface area (Å²) in [6, 6.07) is 9.77. The zero-order valence-electron chi connectivity index (χ0n) is 12.1. The third kappa shape index (κ3) is 3.30. The molecule has 1 amide bonds. The fourth-order valence-electron chi connectivity index (χ4n) is 2.12. The SMILES string of the molecule is Cc1sc(NC(=O)Cc2ccccc2CN)c(C#N)c1C. The number of benzene rings is 1. The number of amides is 1. The van der Waals surface area contributed by atoms with E-state index in [2.05, 4.69) is 11.4 Å². The van der Waals surface area contributed by atoms with Gasteiger partial charge < -0.3 is 11.1 Å². The van der Waals surface area contributed by atoms with Crippen LogP contribution in [0.5, 0.6) is 0 Å². The van der Waals surface area contributed by atoms with E-state index in [0.717, 1.165) is 21.6 Å². The molecule has 0 unspecified atom stereocenters. The third-order valence-corrected chi connectivity index (χ3v) is 4.56. The van der Waals surface area contributed by atoms with Crippen LogP contribution in [0.25, 0.3) is 0 Å². The summed E-state index contributed by atoms with van der Waals surface area (Å²) in [7, 11) is 0. The minimum absolute atomic E-state index is 0.131. The van der Waals surface area contributed by atoms with E-state index in [1.54, 1.807) is 0 Å². The number of carbonyl (C=O) groups excluding carboxylic acids is 1. The van der Waals surface area contributed by atoms with Gasteiger partial charge >= 0.3 is 0 Å². The van der Waals surface area contributed by atoms with Crippen molar-refractivity contribution in [3.05, 3.63) is 51.4 Å². The third-order valence-electron chi connectivity index (χ3n) is 3.44. The highest BCUT2D eigenvalue weighted by atomic mass is 32.1. The molecule has 1 aromatic carbocycles. The smallest absolute Gasteiger partial charge is 0.229 e. The lowest BCUT2D eigenvalue weighted by molar-refractivity contribution is -0.115. The van der Waals surface area contributed by atoms with Gasteiger partial charge in [0.1, 0.15) is 11.1 Å². The summed E-state index contributed by atoms with van der Waals surface area (Å²) >= 11 is 1.44. The molecule has 2 rings (SSSR count). The van der Waals surface area contributed by atoms with Gasteiger partial charge in [0.25, 0.3) is 0 Å². The summed E-state index contributed by atoms with van der Waals surface area (Å²) < 4.78 is 0. The predicted octanol–water partition coefficient (Wildman–Crippen LogP) is 2.88. The summed E-state index contributed by atoms with van der Waals surface area (Å²) in [5.41, 5.74) is 9.04. The van der Waals surface area contributed by atoms with Crippen molar-refractivity contribution >= 4 is 22.2 Å². The summed E-state index contributed by atoms with van der Waals surface area (Å²) in [6.45, 7) is 4.24. The predicted molar refractivity (Wildman–Crippen MR) is 85.2 cm³/mol. The van der Waals surface area contributed by atoms with Crippen LogP contribution in [-0.2, 0) is 17.8 Å². The Morgan fingerprint density at radius 2 is 2.00 bits per heavy atom. The van der Waals surface area contributed by atoms with E-state index in [0.29, 0.717) is 17.1 Å². The molecule has 0 aliphatic rings. The van der Waals surface area contributed by atoms with E-state index in [1.165, 1.54) is 11.3 Å². The van der Waals surface area contributed by atoms with Gasteiger partial charge in [-0.25, -0.2) is 0 Å². The number of hydrogen-bond donors (Lipinski definition) is 2. The molecule has 2 aromatic rings. The molecule has 1 heterocycles. The van der Waals surface area contributed by atoms with Crippen molar-refractivity contribution in [2.24, 2.45) is 5.73 Å². The standard InChI is InChI=1S/C16H17N3OS/c1-10-11(2)21-16(14(10)9-18)19-15(20)7-12-5-3-4-6-13(12)8-17/h3-6H,7-8,17H2,1-2H3,(H,19,20).